The minimum Gasteiger partial charge on any atom is -0.397 e. The van der Waals surface area contributed by atoms with Gasteiger partial charge in [0.2, 0.25) is 0 Å². The van der Waals surface area contributed by atoms with Crippen LogP contribution in [-0.4, -0.2) is 5.91 Å². The van der Waals surface area contributed by atoms with E-state index in [4.69, 9.17) is 17.3 Å². The zero-order chi connectivity index (χ0) is 14.0. The monoisotopic (exact) mass is 338 g/mol. The van der Waals surface area contributed by atoms with Gasteiger partial charge in [0.25, 0.3) is 5.91 Å². The van der Waals surface area contributed by atoms with E-state index in [1.165, 1.54) is 0 Å². The molecule has 0 aliphatic heterocycles. The highest BCUT2D eigenvalue weighted by molar-refractivity contribution is 9.10. The molecule has 0 aliphatic carbocycles. The lowest BCUT2D eigenvalue weighted by Gasteiger charge is -2.11. The fraction of sp³-hybridized carbons (Fsp3) is 0.0714. The molecule has 3 N–H and O–H groups in total. The molecule has 0 saturated carbocycles. The molecule has 2 aromatic rings. The molecular weight excluding hydrogens is 328 g/mol. The van der Waals surface area contributed by atoms with Crippen molar-refractivity contribution in [2.45, 2.75) is 6.92 Å². The van der Waals surface area contributed by atoms with Crippen molar-refractivity contribution in [3.8, 4) is 0 Å². The molecule has 0 aromatic heterocycles. The molecule has 0 unspecified atom stereocenters. The molecule has 0 radical (unpaired) electrons. The highest BCUT2D eigenvalue weighted by atomic mass is 79.9. The normalized spacial score (nSPS) is 10.3. The number of benzene rings is 2. The second-order valence-electron chi connectivity index (χ2n) is 4.12. The van der Waals surface area contributed by atoms with Crippen LogP contribution in [0.5, 0.6) is 0 Å². The summed E-state index contributed by atoms with van der Waals surface area (Å²) < 4.78 is 0.726. The predicted molar refractivity (Wildman–Crippen MR) is 82.7 cm³/mol. The van der Waals surface area contributed by atoms with Crippen LogP contribution in [-0.2, 0) is 0 Å². The first-order chi connectivity index (χ1) is 8.99. The quantitative estimate of drug-likeness (QED) is 0.804. The van der Waals surface area contributed by atoms with Crippen molar-refractivity contribution in [2.75, 3.05) is 11.1 Å². The van der Waals surface area contributed by atoms with Crippen LogP contribution >= 0.6 is 27.5 Å². The summed E-state index contributed by atoms with van der Waals surface area (Å²) in [7, 11) is 0. The van der Waals surface area contributed by atoms with Gasteiger partial charge >= 0.3 is 0 Å². The van der Waals surface area contributed by atoms with Gasteiger partial charge in [-0.2, -0.15) is 0 Å². The molecule has 2 rings (SSSR count). The Morgan fingerprint density at radius 3 is 2.68 bits per heavy atom. The zero-order valence-corrected chi connectivity index (χ0v) is 12.5. The van der Waals surface area contributed by atoms with Gasteiger partial charge in [-0.3, -0.25) is 4.79 Å². The van der Waals surface area contributed by atoms with Crippen LogP contribution in [0.2, 0.25) is 5.02 Å². The predicted octanol–water partition coefficient (Wildman–Crippen LogP) is 4.25. The number of hydrogen-bond acceptors (Lipinski definition) is 2. The maximum atomic E-state index is 12.1. The number of carbonyl (C=O) groups excluding carboxylic acids is 1. The Morgan fingerprint density at radius 1 is 1.32 bits per heavy atom. The van der Waals surface area contributed by atoms with E-state index in [9.17, 15) is 4.79 Å². The average Bonchev–Trinajstić information content (AvgIpc) is 2.36. The molecule has 19 heavy (non-hydrogen) atoms. The molecule has 0 fully saturated rings. The third-order valence-electron chi connectivity index (χ3n) is 2.70. The van der Waals surface area contributed by atoms with Gasteiger partial charge in [0.1, 0.15) is 0 Å². The molecule has 98 valence electrons. The number of amides is 1. The number of nitrogen functional groups attached to an aromatic ring is 1. The maximum Gasteiger partial charge on any atom is 0.256 e. The van der Waals surface area contributed by atoms with Crippen LogP contribution in [0, 0.1) is 6.92 Å². The summed E-state index contributed by atoms with van der Waals surface area (Å²) >= 11 is 9.37. The van der Waals surface area contributed by atoms with Gasteiger partial charge in [0.15, 0.2) is 0 Å². The summed E-state index contributed by atoms with van der Waals surface area (Å²) in [4.78, 5) is 12.1. The summed E-state index contributed by atoms with van der Waals surface area (Å²) in [5.41, 5.74) is 8.28. The third-order valence-corrected chi connectivity index (χ3v) is 3.80. The Kier molecular flexibility index (Phi) is 4.12. The average molecular weight is 340 g/mol. The molecule has 0 saturated heterocycles. The highest BCUT2D eigenvalue weighted by Crippen LogP contribution is 2.27. The van der Waals surface area contributed by atoms with Crippen LogP contribution in [0.3, 0.4) is 0 Å². The van der Waals surface area contributed by atoms with Crippen molar-refractivity contribution in [3.63, 3.8) is 0 Å². The molecular formula is C14H12BrClN2O. The molecule has 5 heteroatoms. The number of hydrogen-bond donors (Lipinski definition) is 2. The number of carbonyl (C=O) groups is 1. The molecule has 0 spiro atoms. The van der Waals surface area contributed by atoms with E-state index in [1.54, 1.807) is 30.3 Å². The first-order valence-corrected chi connectivity index (χ1v) is 6.77. The number of halogens is 2. The van der Waals surface area contributed by atoms with E-state index in [2.05, 4.69) is 21.2 Å². The molecule has 0 atom stereocenters. The largest absolute Gasteiger partial charge is 0.397 e. The minimum absolute atomic E-state index is 0.237. The molecule has 0 aliphatic rings. The second kappa shape index (κ2) is 5.63. The molecule has 3 nitrogen and oxygen atoms in total. The second-order valence-corrected chi connectivity index (χ2v) is 5.38. The van der Waals surface area contributed by atoms with Gasteiger partial charge in [-0.25, -0.2) is 0 Å². The lowest BCUT2D eigenvalue weighted by atomic mass is 10.1. The van der Waals surface area contributed by atoms with Crippen LogP contribution in [0.25, 0.3) is 0 Å². The van der Waals surface area contributed by atoms with Crippen LogP contribution in [0.1, 0.15) is 15.9 Å². The topological polar surface area (TPSA) is 55.1 Å². The van der Waals surface area contributed by atoms with Crippen molar-refractivity contribution < 1.29 is 4.79 Å². The Morgan fingerprint density at radius 2 is 2.00 bits per heavy atom. The van der Waals surface area contributed by atoms with Crippen molar-refractivity contribution >= 4 is 44.8 Å². The first kappa shape index (κ1) is 13.9. The number of rotatable bonds is 2. The lowest BCUT2D eigenvalue weighted by molar-refractivity contribution is 0.102. The van der Waals surface area contributed by atoms with Gasteiger partial charge in [-0.15, -0.1) is 0 Å². The summed E-state index contributed by atoms with van der Waals surface area (Å²) in [6, 6.07) is 10.6. The van der Waals surface area contributed by atoms with E-state index < -0.39 is 0 Å². The minimum atomic E-state index is -0.237. The van der Waals surface area contributed by atoms with E-state index >= 15 is 0 Å². The van der Waals surface area contributed by atoms with Gasteiger partial charge in [0, 0.05) is 9.50 Å². The molecule has 0 heterocycles. The maximum absolute atomic E-state index is 12.1. The van der Waals surface area contributed by atoms with Gasteiger partial charge < -0.3 is 11.1 Å². The zero-order valence-electron chi connectivity index (χ0n) is 10.2. The SMILES string of the molecule is Cc1cc(N)c(NC(=O)c2ccccc2Br)cc1Cl. The summed E-state index contributed by atoms with van der Waals surface area (Å²) in [5.74, 6) is -0.237. The first-order valence-electron chi connectivity index (χ1n) is 5.60. The Bertz CT molecular complexity index is 643. The fourth-order valence-corrected chi connectivity index (χ4v) is 2.28. The number of nitrogens with two attached hydrogens (primary N) is 1. The van der Waals surface area contributed by atoms with Gasteiger partial charge in [-0.1, -0.05) is 23.7 Å². The van der Waals surface area contributed by atoms with Crippen molar-refractivity contribution in [1.29, 1.82) is 0 Å². The Balaban J connectivity index is 2.30. The van der Waals surface area contributed by atoms with Crippen molar-refractivity contribution in [1.82, 2.24) is 0 Å². The van der Waals surface area contributed by atoms with Crippen molar-refractivity contribution in [2.24, 2.45) is 0 Å². The van der Waals surface area contributed by atoms with Gasteiger partial charge in [0.05, 0.1) is 16.9 Å². The summed E-state index contributed by atoms with van der Waals surface area (Å²) in [6.45, 7) is 1.86. The number of anilines is 2. The van der Waals surface area contributed by atoms with Crippen LogP contribution in [0.4, 0.5) is 11.4 Å². The van der Waals surface area contributed by atoms with E-state index in [1.807, 2.05) is 13.0 Å². The number of nitrogens with one attached hydrogen (secondary N) is 1. The standard InChI is InChI=1S/C14H12BrClN2O/c1-8-6-12(17)13(7-11(8)16)18-14(19)9-4-2-3-5-10(9)15/h2-7H,17H2,1H3,(H,18,19). The highest BCUT2D eigenvalue weighted by Gasteiger charge is 2.12. The third kappa shape index (κ3) is 3.08. The summed E-state index contributed by atoms with van der Waals surface area (Å²) in [5, 5.41) is 3.32. The Labute approximate surface area is 124 Å². The molecule has 0 bridgehead atoms. The smallest absolute Gasteiger partial charge is 0.256 e. The van der Waals surface area contributed by atoms with E-state index in [0.29, 0.717) is 22.0 Å². The van der Waals surface area contributed by atoms with Crippen LogP contribution in [0.15, 0.2) is 40.9 Å². The van der Waals surface area contributed by atoms with E-state index in [-0.39, 0.29) is 5.91 Å². The fourth-order valence-electron chi connectivity index (χ4n) is 1.65. The van der Waals surface area contributed by atoms with Crippen LogP contribution < -0.4 is 11.1 Å². The molecule has 2 aromatic carbocycles. The van der Waals surface area contributed by atoms with Crippen molar-refractivity contribution in [3.05, 3.63) is 57.0 Å². The Hall–Kier alpha value is -1.52. The van der Waals surface area contributed by atoms with Gasteiger partial charge in [-0.05, 0) is 52.7 Å². The van der Waals surface area contributed by atoms with E-state index in [0.717, 1.165) is 10.0 Å². The summed E-state index contributed by atoms with van der Waals surface area (Å²) in [6.07, 6.45) is 0. The molecule has 1 amide bonds. The lowest BCUT2D eigenvalue weighted by Crippen LogP contribution is -2.13. The number of aryl methyl sites for hydroxylation is 1.